The van der Waals surface area contributed by atoms with Gasteiger partial charge in [0, 0.05) is 27.1 Å². The summed E-state index contributed by atoms with van der Waals surface area (Å²) in [5, 5.41) is 9.32. The summed E-state index contributed by atoms with van der Waals surface area (Å²) >= 11 is 0. The zero-order valence-corrected chi connectivity index (χ0v) is 25.3. The number of furan rings is 1. The van der Waals surface area contributed by atoms with Crippen LogP contribution in [-0.2, 0) is 0 Å². The lowest BCUT2D eigenvalue weighted by Crippen LogP contribution is -1.92. The van der Waals surface area contributed by atoms with Gasteiger partial charge in [-0.2, -0.15) is 0 Å². The molecule has 10 rings (SSSR count). The quantitative estimate of drug-likeness (QED) is 0.190. The van der Waals surface area contributed by atoms with Crippen molar-refractivity contribution in [2.75, 3.05) is 0 Å². The maximum Gasteiger partial charge on any atom is 0.136 e. The molecule has 0 atom stereocenters. The number of fused-ring (bicyclic) bond motifs is 10. The predicted octanol–water partition coefficient (Wildman–Crippen LogP) is 12.0. The summed E-state index contributed by atoms with van der Waals surface area (Å²) in [6.45, 7) is 0. The van der Waals surface area contributed by atoms with Gasteiger partial charge < -0.3 is 4.42 Å². The minimum absolute atomic E-state index is 0.862. The largest absolute Gasteiger partial charge is 0.456 e. The number of rotatable bonds is 3. The van der Waals surface area contributed by atoms with Crippen molar-refractivity contribution in [2.24, 2.45) is 0 Å². The van der Waals surface area contributed by atoms with Crippen molar-refractivity contribution < 1.29 is 4.42 Å². The number of benzene rings is 8. The van der Waals surface area contributed by atoms with Crippen LogP contribution in [-0.4, -0.2) is 9.97 Å². The van der Waals surface area contributed by atoms with Gasteiger partial charge >= 0.3 is 0 Å². The second-order valence-corrected chi connectivity index (χ2v) is 12.2. The maximum absolute atomic E-state index is 6.26. The molecule has 0 bridgehead atoms. The molecule has 2 heterocycles. The van der Waals surface area contributed by atoms with Crippen molar-refractivity contribution in [2.45, 2.75) is 0 Å². The van der Waals surface area contributed by atoms with Crippen LogP contribution in [0.25, 0.3) is 98.8 Å². The van der Waals surface area contributed by atoms with Crippen LogP contribution < -0.4 is 0 Å². The van der Waals surface area contributed by atoms with E-state index >= 15 is 0 Å². The Morgan fingerprint density at radius 3 is 1.64 bits per heavy atom. The Labute approximate surface area is 270 Å². The van der Waals surface area contributed by atoms with Crippen LogP contribution >= 0.6 is 0 Å². The topological polar surface area (TPSA) is 38.9 Å². The van der Waals surface area contributed by atoms with Gasteiger partial charge in [0.25, 0.3) is 0 Å². The SMILES string of the molecule is c1cc(-c2cccc(-c3cnc4c5ccccc5c5ccccc5c4n3)c2)cc(-c2ccc3oc4cc5ccccc5cc4c3c2)c1. The molecule has 0 saturated carbocycles. The lowest BCUT2D eigenvalue weighted by Gasteiger charge is -2.11. The third kappa shape index (κ3) is 4.14. The monoisotopic (exact) mass is 598 g/mol. The molecule has 3 heteroatoms. The van der Waals surface area contributed by atoms with Crippen molar-refractivity contribution in [3.63, 3.8) is 0 Å². The molecular formula is C44H26N2O. The molecule has 8 aromatic carbocycles. The van der Waals surface area contributed by atoms with Crippen molar-refractivity contribution in [3.8, 4) is 33.5 Å². The molecule has 0 N–H and O–H groups in total. The van der Waals surface area contributed by atoms with E-state index in [0.29, 0.717) is 0 Å². The van der Waals surface area contributed by atoms with Gasteiger partial charge in [0.1, 0.15) is 11.2 Å². The lowest BCUT2D eigenvalue weighted by molar-refractivity contribution is 0.669. The molecule has 0 aliphatic rings. The zero-order valence-electron chi connectivity index (χ0n) is 25.3. The highest BCUT2D eigenvalue weighted by atomic mass is 16.3. The molecule has 0 unspecified atom stereocenters. The van der Waals surface area contributed by atoms with Crippen LogP contribution in [0, 0.1) is 0 Å². The number of hydrogen-bond donors (Lipinski definition) is 0. The van der Waals surface area contributed by atoms with Crippen LogP contribution in [0.1, 0.15) is 0 Å². The summed E-state index contributed by atoms with van der Waals surface area (Å²) in [4.78, 5) is 10.2. The molecule has 0 spiro atoms. The van der Waals surface area contributed by atoms with Crippen LogP contribution in [0.4, 0.5) is 0 Å². The lowest BCUT2D eigenvalue weighted by atomic mass is 9.96. The van der Waals surface area contributed by atoms with E-state index in [9.17, 15) is 0 Å². The van der Waals surface area contributed by atoms with E-state index in [-0.39, 0.29) is 0 Å². The Bertz CT molecular complexity index is 2830. The Morgan fingerprint density at radius 1 is 0.362 bits per heavy atom. The van der Waals surface area contributed by atoms with Crippen LogP contribution in [0.5, 0.6) is 0 Å². The molecule has 2 aromatic heterocycles. The summed E-state index contributed by atoms with van der Waals surface area (Å²) in [6.07, 6.45) is 1.91. The van der Waals surface area contributed by atoms with Gasteiger partial charge in [-0.1, -0.05) is 115 Å². The normalized spacial score (nSPS) is 11.8. The van der Waals surface area contributed by atoms with Crippen molar-refractivity contribution in [1.82, 2.24) is 9.97 Å². The molecule has 0 aliphatic heterocycles. The molecule has 0 amide bonds. The standard InChI is InChI=1S/C44H26N2O/c1-2-10-31-25-42-39(23-30(31)9-1)38-24-32(19-20-41(38)47-42)28-12-7-11-27(21-28)29-13-8-14-33(22-29)40-26-45-43-36-17-5-3-15-34(36)35-16-4-6-18-37(35)44(43)46-40/h1-26H. The number of nitrogens with zero attached hydrogens (tertiary/aromatic N) is 2. The molecule has 0 radical (unpaired) electrons. The first-order valence-corrected chi connectivity index (χ1v) is 15.9. The Hall–Kier alpha value is -6.32. The number of hydrogen-bond acceptors (Lipinski definition) is 3. The van der Waals surface area contributed by atoms with Gasteiger partial charge in [-0.3, -0.25) is 4.98 Å². The van der Waals surface area contributed by atoms with E-state index in [0.717, 1.165) is 77.3 Å². The van der Waals surface area contributed by atoms with Crippen molar-refractivity contribution >= 4 is 65.3 Å². The molecule has 47 heavy (non-hydrogen) atoms. The fraction of sp³-hybridized carbons (Fsp3) is 0. The predicted molar refractivity (Wildman–Crippen MR) is 196 cm³/mol. The van der Waals surface area contributed by atoms with Crippen molar-refractivity contribution in [1.29, 1.82) is 0 Å². The highest BCUT2D eigenvalue weighted by Crippen LogP contribution is 2.37. The molecule has 0 saturated heterocycles. The fourth-order valence-corrected chi connectivity index (χ4v) is 7.14. The van der Waals surface area contributed by atoms with Crippen LogP contribution in [0.2, 0.25) is 0 Å². The molecule has 0 aliphatic carbocycles. The van der Waals surface area contributed by atoms with Gasteiger partial charge in [-0.05, 0) is 80.2 Å². The average molecular weight is 599 g/mol. The van der Waals surface area contributed by atoms with E-state index in [4.69, 9.17) is 14.4 Å². The molecule has 3 nitrogen and oxygen atoms in total. The summed E-state index contributed by atoms with van der Waals surface area (Å²) < 4.78 is 6.26. The third-order valence-corrected chi connectivity index (χ3v) is 9.45. The van der Waals surface area contributed by atoms with E-state index in [1.54, 1.807) is 0 Å². The van der Waals surface area contributed by atoms with E-state index in [1.807, 2.05) is 6.20 Å². The molecule has 0 fully saturated rings. The van der Waals surface area contributed by atoms with Gasteiger partial charge in [-0.15, -0.1) is 0 Å². The highest BCUT2D eigenvalue weighted by molar-refractivity contribution is 6.23. The van der Waals surface area contributed by atoms with Crippen molar-refractivity contribution in [3.05, 3.63) is 158 Å². The first kappa shape index (κ1) is 26.0. The first-order valence-electron chi connectivity index (χ1n) is 15.9. The average Bonchev–Trinajstić information content (AvgIpc) is 3.50. The smallest absolute Gasteiger partial charge is 0.136 e. The Balaban J connectivity index is 1.06. The summed E-state index contributed by atoms with van der Waals surface area (Å²) in [5.41, 5.74) is 10.2. The van der Waals surface area contributed by atoms with E-state index < -0.39 is 0 Å². The minimum Gasteiger partial charge on any atom is -0.456 e. The Morgan fingerprint density at radius 2 is 0.915 bits per heavy atom. The van der Waals surface area contributed by atoms with E-state index in [1.165, 1.54) is 21.5 Å². The maximum atomic E-state index is 6.26. The second kappa shape index (κ2) is 10.1. The summed E-state index contributed by atoms with van der Waals surface area (Å²) in [6, 6.07) is 53.6. The minimum atomic E-state index is 0.862. The Kier molecular flexibility index (Phi) is 5.57. The van der Waals surface area contributed by atoms with Crippen LogP contribution in [0.15, 0.2) is 162 Å². The van der Waals surface area contributed by atoms with Crippen LogP contribution in [0.3, 0.4) is 0 Å². The molecule has 10 aromatic rings. The summed E-state index contributed by atoms with van der Waals surface area (Å²) in [7, 11) is 0. The third-order valence-electron chi connectivity index (χ3n) is 9.45. The number of aromatic nitrogens is 2. The fourth-order valence-electron chi connectivity index (χ4n) is 7.14. The van der Waals surface area contributed by atoms with E-state index in [2.05, 4.69) is 152 Å². The zero-order chi connectivity index (χ0) is 30.9. The molecular weight excluding hydrogens is 572 g/mol. The molecule has 218 valence electrons. The van der Waals surface area contributed by atoms with Gasteiger partial charge in [0.05, 0.1) is 22.9 Å². The first-order chi connectivity index (χ1) is 23.3. The van der Waals surface area contributed by atoms with Gasteiger partial charge in [0.2, 0.25) is 0 Å². The second-order valence-electron chi connectivity index (χ2n) is 12.2. The summed E-state index contributed by atoms with van der Waals surface area (Å²) in [5.74, 6) is 0. The highest BCUT2D eigenvalue weighted by Gasteiger charge is 2.14. The van der Waals surface area contributed by atoms with Gasteiger partial charge in [-0.25, -0.2) is 4.98 Å². The van der Waals surface area contributed by atoms with Gasteiger partial charge in [0.15, 0.2) is 0 Å².